The number of halogens is 6. The summed E-state index contributed by atoms with van der Waals surface area (Å²) in [4.78, 5) is 9.87. The minimum atomic E-state index is -5.18. The lowest BCUT2D eigenvalue weighted by Crippen LogP contribution is -2.26. The predicted molar refractivity (Wildman–Crippen MR) is 32.1 cm³/mol. The predicted octanol–water partition coefficient (Wildman–Crippen LogP) is 2.64. The summed E-state index contributed by atoms with van der Waals surface area (Å²) >= 11 is 0. The van der Waals surface area contributed by atoms with Crippen LogP contribution in [0.15, 0.2) is 23.8 Å². The van der Waals surface area contributed by atoms with Crippen LogP contribution in [0.4, 0.5) is 26.3 Å². The van der Waals surface area contributed by atoms with E-state index in [0.717, 1.165) is 0 Å². The molecule has 8 heteroatoms. The molecule has 0 saturated carbocycles. The molecule has 0 aliphatic rings. The molecular weight excluding hydrogens is 218 g/mol. The Morgan fingerprint density at radius 3 is 1.86 bits per heavy atom. The zero-order valence-electron chi connectivity index (χ0n) is 6.20. The number of alkyl halides is 2. The van der Waals surface area contributed by atoms with Crippen molar-refractivity contribution in [3.63, 3.8) is 0 Å². The van der Waals surface area contributed by atoms with Crippen molar-refractivity contribution >= 4 is 5.97 Å². The van der Waals surface area contributed by atoms with E-state index in [4.69, 9.17) is 5.11 Å². The molecule has 0 rings (SSSR count). The quantitative estimate of drug-likeness (QED) is 0.586. The third-order valence-electron chi connectivity index (χ3n) is 1.11. The average Bonchev–Trinajstić information content (AvgIpc) is 2.00. The lowest BCUT2D eigenvalue weighted by atomic mass is 10.1. The maximum atomic E-state index is 12.4. The second kappa shape index (κ2) is 4.16. The Kier molecular flexibility index (Phi) is 3.72. The molecule has 0 aliphatic heterocycles. The van der Waals surface area contributed by atoms with Crippen LogP contribution < -0.4 is 0 Å². The van der Waals surface area contributed by atoms with Gasteiger partial charge in [-0.2, -0.15) is 17.6 Å². The molecule has 0 unspecified atom stereocenters. The van der Waals surface area contributed by atoms with Crippen molar-refractivity contribution in [1.82, 2.24) is 0 Å². The summed E-state index contributed by atoms with van der Waals surface area (Å²) in [5.74, 6) is -10.8. The van der Waals surface area contributed by atoms with Crippen molar-refractivity contribution in [2.24, 2.45) is 0 Å². The highest BCUT2D eigenvalue weighted by molar-refractivity contribution is 5.89. The summed E-state index contributed by atoms with van der Waals surface area (Å²) in [5, 5.41) is 7.89. The molecule has 0 amide bonds. The summed E-state index contributed by atoms with van der Waals surface area (Å²) in [6.07, 6.45) is -4.58. The molecule has 0 bridgehead atoms. The summed E-state index contributed by atoms with van der Waals surface area (Å²) < 4.78 is 71.3. The van der Waals surface area contributed by atoms with Gasteiger partial charge < -0.3 is 5.11 Å². The highest BCUT2D eigenvalue weighted by Crippen LogP contribution is 2.35. The first-order valence-electron chi connectivity index (χ1n) is 2.88. The highest BCUT2D eigenvalue weighted by atomic mass is 19.3. The third-order valence-corrected chi connectivity index (χ3v) is 1.11. The second-order valence-corrected chi connectivity index (χ2v) is 1.97. The van der Waals surface area contributed by atoms with Crippen LogP contribution in [0.5, 0.6) is 0 Å². The lowest BCUT2D eigenvalue weighted by Gasteiger charge is -2.12. The minimum absolute atomic E-state index is 1.29. The molecule has 0 atom stereocenters. The van der Waals surface area contributed by atoms with Crippen LogP contribution in [0.3, 0.4) is 0 Å². The SMILES string of the molecule is O=C(O)C(=C(F)F)C(F)(F)C(F)=CF. The molecule has 0 saturated heterocycles. The minimum Gasteiger partial charge on any atom is -0.478 e. The molecule has 0 aromatic rings. The van der Waals surface area contributed by atoms with Crippen molar-refractivity contribution in [3.8, 4) is 0 Å². The van der Waals surface area contributed by atoms with Gasteiger partial charge in [0.05, 0.1) is 0 Å². The van der Waals surface area contributed by atoms with Crippen LogP contribution in [-0.4, -0.2) is 17.0 Å². The number of aliphatic carboxylic acids is 1. The van der Waals surface area contributed by atoms with Crippen LogP contribution in [-0.2, 0) is 4.79 Å². The Bertz CT molecular complexity index is 301. The summed E-state index contributed by atoms with van der Waals surface area (Å²) in [6, 6.07) is 0. The second-order valence-electron chi connectivity index (χ2n) is 1.97. The van der Waals surface area contributed by atoms with E-state index in [1.54, 1.807) is 0 Å². The van der Waals surface area contributed by atoms with Crippen LogP contribution in [0.1, 0.15) is 0 Å². The Hall–Kier alpha value is -1.47. The molecule has 0 aromatic heterocycles. The topological polar surface area (TPSA) is 37.3 Å². The average molecular weight is 220 g/mol. The van der Waals surface area contributed by atoms with Gasteiger partial charge in [-0.1, -0.05) is 0 Å². The Balaban J connectivity index is 5.47. The largest absolute Gasteiger partial charge is 0.478 e. The van der Waals surface area contributed by atoms with Gasteiger partial charge in [0.15, 0.2) is 5.57 Å². The molecule has 2 nitrogen and oxygen atoms in total. The summed E-state index contributed by atoms with van der Waals surface area (Å²) in [7, 11) is 0. The fourth-order valence-electron chi connectivity index (χ4n) is 0.522. The van der Waals surface area contributed by atoms with Gasteiger partial charge in [0.25, 0.3) is 6.08 Å². The van der Waals surface area contributed by atoms with Gasteiger partial charge in [-0.3, -0.25) is 0 Å². The Labute approximate surface area is 73.1 Å². The van der Waals surface area contributed by atoms with Gasteiger partial charge in [-0.05, 0) is 0 Å². The first kappa shape index (κ1) is 12.5. The fraction of sp³-hybridized carbons (Fsp3) is 0.167. The van der Waals surface area contributed by atoms with Gasteiger partial charge >= 0.3 is 11.9 Å². The van der Waals surface area contributed by atoms with Crippen LogP contribution in [0, 0.1) is 0 Å². The molecule has 0 radical (unpaired) electrons. The monoisotopic (exact) mass is 220 g/mol. The van der Waals surface area contributed by atoms with Gasteiger partial charge in [-0.15, -0.1) is 0 Å². The molecule has 1 N–H and O–H groups in total. The molecule has 14 heavy (non-hydrogen) atoms. The third kappa shape index (κ3) is 2.27. The van der Waals surface area contributed by atoms with Crippen molar-refractivity contribution < 1.29 is 36.2 Å². The Morgan fingerprint density at radius 2 is 1.64 bits per heavy atom. The molecule has 0 aliphatic carbocycles. The van der Waals surface area contributed by atoms with E-state index in [1.165, 1.54) is 0 Å². The Morgan fingerprint density at radius 1 is 1.21 bits per heavy atom. The van der Waals surface area contributed by atoms with E-state index < -0.39 is 35.7 Å². The summed E-state index contributed by atoms with van der Waals surface area (Å²) in [5.41, 5.74) is -2.79. The van der Waals surface area contributed by atoms with Crippen LogP contribution in [0.25, 0.3) is 0 Å². The van der Waals surface area contributed by atoms with E-state index in [-0.39, 0.29) is 0 Å². The number of rotatable bonds is 3. The number of carbonyl (C=O) groups is 1. The number of hydrogen-bond acceptors (Lipinski definition) is 1. The zero-order valence-corrected chi connectivity index (χ0v) is 6.20. The van der Waals surface area contributed by atoms with E-state index in [0.29, 0.717) is 0 Å². The van der Waals surface area contributed by atoms with Crippen molar-refractivity contribution in [2.75, 3.05) is 0 Å². The normalized spacial score (nSPS) is 12.6. The zero-order chi connectivity index (χ0) is 11.5. The van der Waals surface area contributed by atoms with E-state index in [1.807, 2.05) is 0 Å². The van der Waals surface area contributed by atoms with Crippen LogP contribution in [0.2, 0.25) is 0 Å². The first-order valence-corrected chi connectivity index (χ1v) is 2.88. The maximum Gasteiger partial charge on any atom is 0.343 e. The van der Waals surface area contributed by atoms with E-state index in [2.05, 4.69) is 0 Å². The van der Waals surface area contributed by atoms with Crippen LogP contribution >= 0.6 is 0 Å². The maximum absolute atomic E-state index is 12.4. The van der Waals surface area contributed by atoms with Crippen molar-refractivity contribution in [2.45, 2.75) is 5.92 Å². The number of carboxylic acid groups (broad SMARTS) is 1. The number of hydrogen-bond donors (Lipinski definition) is 1. The number of carboxylic acids is 1. The smallest absolute Gasteiger partial charge is 0.343 e. The highest BCUT2D eigenvalue weighted by Gasteiger charge is 2.47. The number of allylic oxidation sites excluding steroid dienone is 1. The van der Waals surface area contributed by atoms with E-state index in [9.17, 15) is 31.1 Å². The lowest BCUT2D eigenvalue weighted by molar-refractivity contribution is -0.136. The van der Waals surface area contributed by atoms with Crippen molar-refractivity contribution in [3.05, 3.63) is 23.8 Å². The molecule has 0 heterocycles. The fourth-order valence-corrected chi connectivity index (χ4v) is 0.522. The van der Waals surface area contributed by atoms with Gasteiger partial charge in [0, 0.05) is 0 Å². The van der Waals surface area contributed by atoms with Gasteiger partial charge in [-0.25, -0.2) is 13.6 Å². The van der Waals surface area contributed by atoms with Crippen molar-refractivity contribution in [1.29, 1.82) is 0 Å². The van der Waals surface area contributed by atoms with Gasteiger partial charge in [0.2, 0.25) is 5.83 Å². The molecule has 0 spiro atoms. The molecule has 0 aromatic carbocycles. The molecule has 0 fully saturated rings. The standard InChI is InChI=1S/C6H2F6O2/c7-1-2(8)6(11,12)3(4(9)10)5(13)14/h1H,(H,13,14). The van der Waals surface area contributed by atoms with Gasteiger partial charge in [0.1, 0.15) is 6.33 Å². The van der Waals surface area contributed by atoms with E-state index >= 15 is 0 Å². The first-order chi connectivity index (χ1) is 6.25. The summed E-state index contributed by atoms with van der Waals surface area (Å²) in [6.45, 7) is 0. The molecule has 80 valence electrons. The molecular formula is C6H2F6O2.